The number of benzene rings is 2. The predicted molar refractivity (Wildman–Crippen MR) is 111 cm³/mol. The summed E-state index contributed by atoms with van der Waals surface area (Å²) in [5, 5.41) is 18.3. The van der Waals surface area contributed by atoms with Gasteiger partial charge in [0.05, 0.1) is 24.8 Å². The monoisotopic (exact) mass is 435 g/mol. The van der Waals surface area contributed by atoms with E-state index in [0.29, 0.717) is 32.9 Å². The molecule has 0 radical (unpaired) electrons. The van der Waals surface area contributed by atoms with Gasteiger partial charge in [0, 0.05) is 21.8 Å². The van der Waals surface area contributed by atoms with Crippen LogP contribution in [0.5, 0.6) is 11.5 Å². The van der Waals surface area contributed by atoms with Gasteiger partial charge in [-0.1, -0.05) is 23.2 Å². The summed E-state index contributed by atoms with van der Waals surface area (Å²) in [4.78, 5) is 19.2. The van der Waals surface area contributed by atoms with E-state index >= 15 is 0 Å². The Labute approximate surface area is 175 Å². The summed E-state index contributed by atoms with van der Waals surface area (Å²) < 4.78 is 10.5. The molecule has 1 heterocycles. The minimum absolute atomic E-state index is 0.0240. The van der Waals surface area contributed by atoms with Crippen molar-refractivity contribution in [3.63, 3.8) is 0 Å². The molecule has 0 spiro atoms. The Morgan fingerprint density at radius 3 is 2.21 bits per heavy atom. The van der Waals surface area contributed by atoms with Gasteiger partial charge < -0.3 is 20.1 Å². The van der Waals surface area contributed by atoms with E-state index in [4.69, 9.17) is 32.7 Å². The molecule has 11 heteroatoms. The first kappa shape index (κ1) is 20.4. The van der Waals surface area contributed by atoms with E-state index in [-0.39, 0.29) is 17.3 Å². The first-order valence-corrected chi connectivity index (χ1v) is 8.88. The number of nitrogens with zero attached hydrogens (tertiary/aromatic N) is 3. The average molecular weight is 436 g/mol. The molecule has 150 valence electrons. The van der Waals surface area contributed by atoms with E-state index in [1.807, 2.05) is 0 Å². The largest absolute Gasteiger partial charge is 0.497 e. The fourth-order valence-corrected chi connectivity index (χ4v) is 3.05. The van der Waals surface area contributed by atoms with Gasteiger partial charge in [-0.25, -0.2) is 9.97 Å². The molecule has 0 fully saturated rings. The van der Waals surface area contributed by atoms with E-state index < -0.39 is 4.92 Å². The number of methoxy groups -OCH3 is 2. The first-order chi connectivity index (χ1) is 13.9. The highest BCUT2D eigenvalue weighted by atomic mass is 35.5. The molecule has 0 atom stereocenters. The molecule has 29 heavy (non-hydrogen) atoms. The lowest BCUT2D eigenvalue weighted by Crippen LogP contribution is -2.06. The van der Waals surface area contributed by atoms with Crippen molar-refractivity contribution < 1.29 is 14.4 Å². The van der Waals surface area contributed by atoms with Crippen LogP contribution in [0.4, 0.5) is 28.7 Å². The molecule has 0 unspecified atom stereocenters. The van der Waals surface area contributed by atoms with Crippen LogP contribution in [0.3, 0.4) is 0 Å². The maximum Gasteiger partial charge on any atom is 0.353 e. The Balaban J connectivity index is 2.00. The Morgan fingerprint density at radius 2 is 1.62 bits per heavy atom. The van der Waals surface area contributed by atoms with Crippen molar-refractivity contribution >= 4 is 51.9 Å². The lowest BCUT2D eigenvalue weighted by Gasteiger charge is -2.13. The third-order valence-corrected chi connectivity index (χ3v) is 4.23. The van der Waals surface area contributed by atoms with Gasteiger partial charge in [-0.15, -0.1) is 0 Å². The van der Waals surface area contributed by atoms with Gasteiger partial charge in [-0.2, -0.15) is 0 Å². The number of nitrogens with one attached hydrogen (secondary N) is 2. The molecule has 0 aliphatic heterocycles. The maximum atomic E-state index is 11.8. The van der Waals surface area contributed by atoms with Gasteiger partial charge in [0.15, 0.2) is 0 Å². The van der Waals surface area contributed by atoms with Gasteiger partial charge in [0.2, 0.25) is 11.6 Å². The van der Waals surface area contributed by atoms with Crippen molar-refractivity contribution in [1.29, 1.82) is 0 Å². The van der Waals surface area contributed by atoms with E-state index in [0.717, 1.165) is 0 Å². The Hall–Kier alpha value is -3.30. The zero-order valence-electron chi connectivity index (χ0n) is 15.3. The van der Waals surface area contributed by atoms with Crippen molar-refractivity contribution in [2.75, 3.05) is 24.9 Å². The normalized spacial score (nSPS) is 10.3. The highest BCUT2D eigenvalue weighted by Crippen LogP contribution is 2.37. The fourth-order valence-electron chi connectivity index (χ4n) is 2.53. The molecule has 0 bridgehead atoms. The van der Waals surface area contributed by atoms with Crippen molar-refractivity contribution in [3.05, 3.63) is 62.9 Å². The summed E-state index contributed by atoms with van der Waals surface area (Å²) in [5.74, 6) is 0.945. The van der Waals surface area contributed by atoms with Crippen LogP contribution in [0.15, 0.2) is 42.7 Å². The second-order valence-corrected chi connectivity index (χ2v) is 6.52. The van der Waals surface area contributed by atoms with Gasteiger partial charge in [0.1, 0.15) is 17.8 Å². The van der Waals surface area contributed by atoms with Crippen molar-refractivity contribution in [1.82, 2.24) is 9.97 Å². The number of nitro groups is 1. The van der Waals surface area contributed by atoms with Gasteiger partial charge >= 0.3 is 5.69 Å². The molecule has 9 nitrogen and oxygen atoms in total. The van der Waals surface area contributed by atoms with Gasteiger partial charge in [-0.05, 0) is 30.3 Å². The highest BCUT2D eigenvalue weighted by molar-refractivity contribution is 6.35. The standard InChI is InChI=1S/C18H15Cl2N5O4/c1-28-13-3-4-14(15(8-13)29-2)24-18-16(25(26)27)17(21-9-22-18)23-12-6-10(19)5-11(20)7-12/h3-9H,1-2H3,(H2,21,22,23,24). The zero-order chi connectivity index (χ0) is 21.0. The molecule has 1 aromatic heterocycles. The molecule has 0 saturated carbocycles. The second-order valence-electron chi connectivity index (χ2n) is 5.65. The van der Waals surface area contributed by atoms with E-state index in [2.05, 4.69) is 20.6 Å². The Kier molecular flexibility index (Phi) is 6.20. The number of aromatic nitrogens is 2. The van der Waals surface area contributed by atoms with Crippen LogP contribution in [0.25, 0.3) is 0 Å². The van der Waals surface area contributed by atoms with Crippen molar-refractivity contribution in [2.24, 2.45) is 0 Å². The van der Waals surface area contributed by atoms with Crippen LogP contribution >= 0.6 is 23.2 Å². The Morgan fingerprint density at radius 1 is 0.966 bits per heavy atom. The number of hydrogen-bond acceptors (Lipinski definition) is 8. The first-order valence-electron chi connectivity index (χ1n) is 8.13. The summed E-state index contributed by atoms with van der Waals surface area (Å²) >= 11 is 12.0. The second kappa shape index (κ2) is 8.80. The third-order valence-electron chi connectivity index (χ3n) is 3.79. The summed E-state index contributed by atoms with van der Waals surface area (Å²) in [5.41, 5.74) is 0.547. The van der Waals surface area contributed by atoms with Crippen LogP contribution in [0, 0.1) is 10.1 Å². The van der Waals surface area contributed by atoms with Crippen LogP contribution in [0.2, 0.25) is 10.0 Å². The highest BCUT2D eigenvalue weighted by Gasteiger charge is 2.24. The Bertz CT molecular complexity index is 1040. The lowest BCUT2D eigenvalue weighted by atomic mass is 10.2. The molecular weight excluding hydrogens is 421 g/mol. The maximum absolute atomic E-state index is 11.8. The molecule has 0 aliphatic carbocycles. The van der Waals surface area contributed by atoms with E-state index in [1.165, 1.54) is 20.5 Å². The van der Waals surface area contributed by atoms with Gasteiger partial charge in [0.25, 0.3) is 0 Å². The number of ether oxygens (including phenoxy) is 2. The van der Waals surface area contributed by atoms with Crippen LogP contribution in [-0.2, 0) is 0 Å². The number of hydrogen-bond donors (Lipinski definition) is 2. The summed E-state index contributed by atoms with van der Waals surface area (Å²) in [6, 6.07) is 9.67. The smallest absolute Gasteiger partial charge is 0.353 e. The fraction of sp³-hybridized carbons (Fsp3) is 0.111. The van der Waals surface area contributed by atoms with E-state index in [1.54, 1.807) is 36.4 Å². The third kappa shape index (κ3) is 4.76. The topological polar surface area (TPSA) is 111 Å². The molecule has 3 aromatic rings. The zero-order valence-corrected chi connectivity index (χ0v) is 16.8. The minimum atomic E-state index is -0.590. The predicted octanol–water partition coefficient (Wildman–Crippen LogP) is 5.20. The number of halogens is 2. The SMILES string of the molecule is COc1ccc(Nc2ncnc(Nc3cc(Cl)cc(Cl)c3)c2[N+](=O)[O-])c(OC)c1. The molecule has 0 amide bonds. The van der Waals surface area contributed by atoms with Gasteiger partial charge in [-0.3, -0.25) is 10.1 Å². The summed E-state index contributed by atoms with van der Waals surface area (Å²) in [6.45, 7) is 0. The summed E-state index contributed by atoms with van der Waals surface area (Å²) in [7, 11) is 3.00. The number of anilines is 4. The van der Waals surface area contributed by atoms with Crippen molar-refractivity contribution in [3.8, 4) is 11.5 Å². The molecule has 0 saturated heterocycles. The molecule has 2 aromatic carbocycles. The molecular formula is C18H15Cl2N5O4. The van der Waals surface area contributed by atoms with Crippen molar-refractivity contribution in [2.45, 2.75) is 0 Å². The summed E-state index contributed by atoms with van der Waals surface area (Å²) in [6.07, 6.45) is 1.19. The molecule has 2 N–H and O–H groups in total. The minimum Gasteiger partial charge on any atom is -0.497 e. The lowest BCUT2D eigenvalue weighted by molar-refractivity contribution is -0.383. The average Bonchev–Trinajstić information content (AvgIpc) is 2.67. The van der Waals surface area contributed by atoms with Crippen LogP contribution in [0.1, 0.15) is 0 Å². The molecule has 0 aliphatic rings. The quantitative estimate of drug-likeness (QED) is 0.384. The van der Waals surface area contributed by atoms with Crippen LogP contribution < -0.4 is 20.1 Å². The molecule has 3 rings (SSSR count). The number of rotatable bonds is 7. The van der Waals surface area contributed by atoms with Crippen LogP contribution in [-0.4, -0.2) is 29.1 Å². The van der Waals surface area contributed by atoms with E-state index in [9.17, 15) is 10.1 Å².